The standard InChI is InChI=1S/C66H56N4/c1-41-9-17-45(18-10-41)49-25-29-57-53(37-49)65(5,6)54-38-50(46-19-11-42(2)12-20-46)26-30-58(54)69(57)61-33-34-62(64-63(61)67-35-36-68-64)70-59-31-27-51(47-21-13-43(3)14-22-47)39-55(59)66(7,8)56-40-52(28-32-60(56)70)48-23-15-44(4)16-24-48/h9-40H,1-8H3. The fourth-order valence-corrected chi connectivity index (χ4v) is 11.1. The highest BCUT2D eigenvalue weighted by atomic mass is 15.2. The van der Waals surface area contributed by atoms with Crippen molar-refractivity contribution in [1.82, 2.24) is 9.97 Å². The van der Waals surface area contributed by atoms with Gasteiger partial charge >= 0.3 is 0 Å². The maximum absolute atomic E-state index is 5.27. The second-order valence-electron chi connectivity index (χ2n) is 20.7. The molecule has 1 aromatic heterocycles. The summed E-state index contributed by atoms with van der Waals surface area (Å²) >= 11 is 0. The molecule has 0 amide bonds. The zero-order valence-electron chi connectivity index (χ0n) is 41.3. The molecule has 2 aliphatic heterocycles. The van der Waals surface area contributed by atoms with E-state index in [1.54, 1.807) is 0 Å². The minimum Gasteiger partial charge on any atom is -0.308 e. The summed E-state index contributed by atoms with van der Waals surface area (Å²) in [5, 5.41) is 0. The van der Waals surface area contributed by atoms with Gasteiger partial charge in [0.2, 0.25) is 0 Å². The molecule has 0 unspecified atom stereocenters. The van der Waals surface area contributed by atoms with Gasteiger partial charge in [0.25, 0.3) is 0 Å². The summed E-state index contributed by atoms with van der Waals surface area (Å²) in [6, 6.07) is 68.1. The molecule has 70 heavy (non-hydrogen) atoms. The van der Waals surface area contributed by atoms with E-state index >= 15 is 0 Å². The molecular formula is C66H56N4. The first-order chi connectivity index (χ1) is 33.8. The van der Waals surface area contributed by atoms with E-state index in [2.05, 4.69) is 247 Å². The zero-order chi connectivity index (χ0) is 48.1. The van der Waals surface area contributed by atoms with Gasteiger partial charge in [0.1, 0.15) is 11.0 Å². The highest BCUT2D eigenvalue weighted by Gasteiger charge is 2.41. The van der Waals surface area contributed by atoms with Crippen LogP contribution in [0.4, 0.5) is 34.1 Å². The van der Waals surface area contributed by atoms with Crippen LogP contribution in [0, 0.1) is 27.7 Å². The molecule has 0 saturated heterocycles. The molecule has 9 aromatic carbocycles. The molecule has 0 N–H and O–H groups in total. The number of fused-ring (bicyclic) bond motifs is 5. The molecule has 0 saturated carbocycles. The Labute approximate surface area is 412 Å². The predicted octanol–water partition coefficient (Wildman–Crippen LogP) is 17.7. The summed E-state index contributed by atoms with van der Waals surface area (Å²) in [5.74, 6) is 0. The Morgan fingerprint density at radius 3 is 0.729 bits per heavy atom. The van der Waals surface area contributed by atoms with Crippen LogP contribution in [0.1, 0.15) is 72.2 Å². The number of nitrogens with zero attached hydrogens (tertiary/aromatic N) is 4. The lowest BCUT2D eigenvalue weighted by atomic mass is 9.72. The third-order valence-electron chi connectivity index (χ3n) is 15.2. The van der Waals surface area contributed by atoms with E-state index in [4.69, 9.17) is 9.97 Å². The van der Waals surface area contributed by atoms with Gasteiger partial charge in [-0.3, -0.25) is 9.97 Å². The molecule has 340 valence electrons. The number of rotatable bonds is 6. The van der Waals surface area contributed by atoms with E-state index in [9.17, 15) is 0 Å². The van der Waals surface area contributed by atoms with Crippen molar-refractivity contribution in [3.63, 3.8) is 0 Å². The molecule has 2 aliphatic rings. The van der Waals surface area contributed by atoms with Crippen LogP contribution in [-0.2, 0) is 10.8 Å². The van der Waals surface area contributed by atoms with Gasteiger partial charge in [0.05, 0.1) is 34.1 Å². The van der Waals surface area contributed by atoms with Crippen LogP contribution in [0.25, 0.3) is 55.5 Å². The Morgan fingerprint density at radius 2 is 0.486 bits per heavy atom. The van der Waals surface area contributed by atoms with Crippen molar-refractivity contribution < 1.29 is 0 Å². The van der Waals surface area contributed by atoms with Crippen LogP contribution in [0.5, 0.6) is 0 Å². The number of benzene rings is 9. The van der Waals surface area contributed by atoms with E-state index in [0.29, 0.717) is 0 Å². The van der Waals surface area contributed by atoms with Crippen LogP contribution in [0.3, 0.4) is 0 Å². The second kappa shape index (κ2) is 16.3. The lowest BCUT2D eigenvalue weighted by molar-refractivity contribution is 0.632. The average molecular weight is 905 g/mol. The molecule has 0 radical (unpaired) electrons. The summed E-state index contributed by atoms with van der Waals surface area (Å²) in [7, 11) is 0. The molecular weight excluding hydrogens is 849 g/mol. The Kier molecular flexibility index (Phi) is 10.0. The quantitative estimate of drug-likeness (QED) is 0.166. The lowest BCUT2D eigenvalue weighted by Crippen LogP contribution is -2.31. The van der Waals surface area contributed by atoms with Crippen LogP contribution in [-0.4, -0.2) is 9.97 Å². The highest BCUT2D eigenvalue weighted by molar-refractivity contribution is 6.06. The minimum atomic E-state index is -0.326. The van der Waals surface area contributed by atoms with E-state index < -0.39 is 0 Å². The average Bonchev–Trinajstić information content (AvgIpc) is 3.37. The van der Waals surface area contributed by atoms with E-state index in [1.165, 1.54) is 89.0 Å². The highest BCUT2D eigenvalue weighted by Crippen LogP contribution is 2.57. The van der Waals surface area contributed by atoms with Gasteiger partial charge in [0.15, 0.2) is 0 Å². The van der Waals surface area contributed by atoms with E-state index in [-0.39, 0.29) is 10.8 Å². The van der Waals surface area contributed by atoms with Crippen molar-refractivity contribution in [1.29, 1.82) is 0 Å². The number of anilines is 6. The molecule has 0 spiro atoms. The van der Waals surface area contributed by atoms with Crippen molar-refractivity contribution in [3.05, 3.63) is 239 Å². The monoisotopic (exact) mass is 904 g/mol. The topological polar surface area (TPSA) is 32.3 Å². The van der Waals surface area contributed by atoms with Crippen LogP contribution < -0.4 is 9.80 Å². The number of hydrogen-bond donors (Lipinski definition) is 0. The smallest absolute Gasteiger partial charge is 0.115 e. The maximum atomic E-state index is 5.27. The normalized spacial score (nSPS) is 14.2. The molecule has 0 fully saturated rings. The van der Waals surface area contributed by atoms with Gasteiger partial charge in [-0.2, -0.15) is 0 Å². The molecule has 3 heterocycles. The summed E-state index contributed by atoms with van der Waals surface area (Å²) in [6.45, 7) is 18.1. The third kappa shape index (κ3) is 7.04. The first-order valence-corrected chi connectivity index (χ1v) is 24.5. The van der Waals surface area contributed by atoms with Crippen molar-refractivity contribution in [2.24, 2.45) is 0 Å². The fourth-order valence-electron chi connectivity index (χ4n) is 11.1. The lowest BCUT2D eigenvalue weighted by Gasteiger charge is -2.44. The van der Waals surface area contributed by atoms with Gasteiger partial charge in [0, 0.05) is 23.2 Å². The Balaban J connectivity index is 1.07. The van der Waals surface area contributed by atoms with E-state index in [0.717, 1.165) is 45.2 Å². The molecule has 0 aliphatic carbocycles. The number of aromatic nitrogens is 2. The van der Waals surface area contributed by atoms with Crippen molar-refractivity contribution in [2.45, 2.75) is 66.2 Å². The van der Waals surface area contributed by atoms with Crippen molar-refractivity contribution in [2.75, 3.05) is 9.80 Å². The third-order valence-corrected chi connectivity index (χ3v) is 15.2. The molecule has 10 aromatic rings. The molecule has 0 bridgehead atoms. The summed E-state index contributed by atoms with van der Waals surface area (Å²) in [6.07, 6.45) is 3.68. The van der Waals surface area contributed by atoms with Gasteiger partial charge in [-0.1, -0.05) is 171 Å². The number of aryl methyl sites for hydroxylation is 4. The van der Waals surface area contributed by atoms with Crippen molar-refractivity contribution in [3.8, 4) is 44.5 Å². The Morgan fingerprint density at radius 1 is 0.271 bits per heavy atom. The maximum Gasteiger partial charge on any atom is 0.115 e. The number of hydrogen-bond acceptors (Lipinski definition) is 4. The first-order valence-electron chi connectivity index (χ1n) is 24.5. The molecule has 0 atom stereocenters. The largest absolute Gasteiger partial charge is 0.308 e. The summed E-state index contributed by atoms with van der Waals surface area (Å²) < 4.78 is 0. The second-order valence-corrected chi connectivity index (χ2v) is 20.7. The van der Waals surface area contributed by atoms with Crippen LogP contribution in [0.2, 0.25) is 0 Å². The summed E-state index contributed by atoms with van der Waals surface area (Å²) in [5.41, 5.74) is 27.2. The van der Waals surface area contributed by atoms with Gasteiger partial charge < -0.3 is 9.80 Å². The van der Waals surface area contributed by atoms with Crippen LogP contribution >= 0.6 is 0 Å². The SMILES string of the molecule is Cc1ccc(-c2ccc3c(c2)C(C)(C)c2cc(-c4ccc(C)cc4)ccc2N3c2ccc(N3c4ccc(-c5ccc(C)cc5)cc4C(C)(C)c4cc(-c5ccc(C)cc5)ccc43)c3nccnc23)cc1. The van der Waals surface area contributed by atoms with Crippen LogP contribution in [0.15, 0.2) is 194 Å². The first kappa shape index (κ1) is 43.2. The molecule has 4 heteroatoms. The zero-order valence-corrected chi connectivity index (χ0v) is 41.3. The van der Waals surface area contributed by atoms with Crippen molar-refractivity contribution >= 4 is 45.2 Å². The van der Waals surface area contributed by atoms with Gasteiger partial charge in [-0.05, 0) is 155 Å². The fraction of sp³-hybridized carbons (Fsp3) is 0.152. The predicted molar refractivity (Wildman–Crippen MR) is 294 cm³/mol. The van der Waals surface area contributed by atoms with Gasteiger partial charge in [-0.25, -0.2) is 0 Å². The summed E-state index contributed by atoms with van der Waals surface area (Å²) in [4.78, 5) is 15.4. The Bertz CT molecular complexity index is 3230. The Hall–Kier alpha value is -8.08. The minimum absolute atomic E-state index is 0.326. The van der Waals surface area contributed by atoms with E-state index in [1.807, 2.05) is 12.4 Å². The van der Waals surface area contributed by atoms with Gasteiger partial charge in [-0.15, -0.1) is 0 Å². The molecule has 12 rings (SSSR count). The molecule has 4 nitrogen and oxygen atoms in total.